The molecule has 1 aliphatic rings. The lowest BCUT2D eigenvalue weighted by molar-refractivity contribution is 0.0263. The highest BCUT2D eigenvalue weighted by Gasteiger charge is 2.27. The molecule has 0 aromatic rings. The van der Waals surface area contributed by atoms with Gasteiger partial charge in [0.05, 0.1) is 6.07 Å². The lowest BCUT2D eigenvalue weighted by atomic mass is 10.2. The van der Waals surface area contributed by atoms with E-state index < -0.39 is 5.60 Å². The molecule has 84 valence electrons. The Kier molecular flexibility index (Phi) is 3.86. The number of amides is 1. The van der Waals surface area contributed by atoms with Crippen LogP contribution < -0.4 is 0 Å². The Labute approximate surface area is 94.6 Å². The third-order valence-corrected chi connectivity index (χ3v) is 2.94. The highest BCUT2D eigenvalue weighted by molar-refractivity contribution is 8.00. The predicted molar refractivity (Wildman–Crippen MR) is 59.7 cm³/mol. The highest BCUT2D eigenvalue weighted by Crippen LogP contribution is 2.19. The van der Waals surface area contributed by atoms with E-state index in [1.165, 1.54) is 0 Å². The molecule has 1 aliphatic heterocycles. The normalized spacial score (nSPS) is 22.0. The van der Waals surface area contributed by atoms with Crippen molar-refractivity contribution in [1.82, 2.24) is 4.90 Å². The van der Waals surface area contributed by atoms with Crippen LogP contribution in [-0.2, 0) is 4.74 Å². The second kappa shape index (κ2) is 4.75. The molecule has 0 aromatic heterocycles. The molecule has 1 fully saturated rings. The van der Waals surface area contributed by atoms with E-state index in [1.807, 2.05) is 20.8 Å². The average molecular weight is 228 g/mol. The molecule has 15 heavy (non-hydrogen) atoms. The summed E-state index contributed by atoms with van der Waals surface area (Å²) in [6.45, 7) is 6.65. The van der Waals surface area contributed by atoms with E-state index in [-0.39, 0.29) is 11.3 Å². The maximum absolute atomic E-state index is 11.7. The number of hydrogen-bond donors (Lipinski definition) is 0. The van der Waals surface area contributed by atoms with Gasteiger partial charge in [0, 0.05) is 18.8 Å². The third kappa shape index (κ3) is 4.00. The fraction of sp³-hybridized carbons (Fsp3) is 0.800. The molecule has 0 bridgehead atoms. The molecule has 0 aromatic carbocycles. The molecule has 4 nitrogen and oxygen atoms in total. The van der Waals surface area contributed by atoms with Crippen molar-refractivity contribution < 1.29 is 9.53 Å². The van der Waals surface area contributed by atoms with Gasteiger partial charge in [-0.25, -0.2) is 4.79 Å². The maximum Gasteiger partial charge on any atom is 0.410 e. The number of ether oxygens (including phenoxy) is 1. The number of carbonyl (C=O) groups is 1. The number of thioether (sulfide) groups is 1. The summed E-state index contributed by atoms with van der Waals surface area (Å²) < 4.78 is 5.24. The second-order valence-electron chi connectivity index (χ2n) is 4.41. The molecule has 0 N–H and O–H groups in total. The third-order valence-electron chi connectivity index (χ3n) is 1.86. The van der Waals surface area contributed by atoms with Crippen molar-refractivity contribution >= 4 is 17.9 Å². The summed E-state index contributed by atoms with van der Waals surface area (Å²) in [6, 6.07) is 2.17. The second-order valence-corrected chi connectivity index (χ2v) is 5.73. The summed E-state index contributed by atoms with van der Waals surface area (Å²) in [4.78, 5) is 13.3. The maximum atomic E-state index is 11.7. The Bertz CT molecular complexity index is 280. The lowest BCUT2D eigenvalue weighted by Gasteiger charge is -2.31. The zero-order valence-corrected chi connectivity index (χ0v) is 10.1. The molecule has 1 saturated heterocycles. The van der Waals surface area contributed by atoms with Gasteiger partial charge in [0.1, 0.15) is 10.9 Å². The minimum absolute atomic E-state index is 0.119. The van der Waals surface area contributed by atoms with Crippen molar-refractivity contribution in [2.75, 3.05) is 18.8 Å². The van der Waals surface area contributed by atoms with Gasteiger partial charge in [0.25, 0.3) is 0 Å². The molecule has 0 spiro atoms. The summed E-state index contributed by atoms with van der Waals surface area (Å²) >= 11 is 1.59. The standard InChI is InChI=1S/C10H16N2O2S/c1-10(2,3)14-9(13)12-4-5-15-8(6-11)7-12/h8H,4-5,7H2,1-3H3/t8-/m0/s1. The first kappa shape index (κ1) is 12.2. The van der Waals surface area contributed by atoms with Crippen LogP contribution >= 0.6 is 11.8 Å². The molecule has 1 amide bonds. The first-order valence-electron chi connectivity index (χ1n) is 4.91. The van der Waals surface area contributed by atoms with Crippen molar-refractivity contribution in [1.29, 1.82) is 5.26 Å². The summed E-state index contributed by atoms with van der Waals surface area (Å²) in [6.07, 6.45) is -0.317. The molecule has 0 radical (unpaired) electrons. The van der Waals surface area contributed by atoms with Gasteiger partial charge >= 0.3 is 6.09 Å². The smallest absolute Gasteiger partial charge is 0.410 e. The summed E-state index contributed by atoms with van der Waals surface area (Å²) in [7, 11) is 0. The number of carbonyl (C=O) groups excluding carboxylic acids is 1. The van der Waals surface area contributed by atoms with Gasteiger partial charge in [-0.2, -0.15) is 5.26 Å². The number of rotatable bonds is 0. The molecule has 5 heteroatoms. The van der Waals surface area contributed by atoms with Gasteiger partial charge in [-0.15, -0.1) is 11.8 Å². The first-order valence-corrected chi connectivity index (χ1v) is 5.96. The van der Waals surface area contributed by atoms with Crippen molar-refractivity contribution in [3.05, 3.63) is 0 Å². The van der Waals surface area contributed by atoms with Crippen molar-refractivity contribution in [2.45, 2.75) is 31.6 Å². The van der Waals surface area contributed by atoms with Crippen LogP contribution in [0.3, 0.4) is 0 Å². The van der Waals surface area contributed by atoms with Crippen molar-refractivity contribution in [2.24, 2.45) is 0 Å². The zero-order valence-electron chi connectivity index (χ0n) is 9.32. The molecular weight excluding hydrogens is 212 g/mol. The van der Waals surface area contributed by atoms with Crippen LogP contribution in [0.2, 0.25) is 0 Å². The van der Waals surface area contributed by atoms with Gasteiger partial charge in [-0.3, -0.25) is 0 Å². The lowest BCUT2D eigenvalue weighted by Crippen LogP contribution is -2.44. The highest BCUT2D eigenvalue weighted by atomic mass is 32.2. The number of nitriles is 1. The SMILES string of the molecule is CC(C)(C)OC(=O)N1CCS[C@@H](C#N)C1. The molecule has 1 atom stereocenters. The van der Waals surface area contributed by atoms with Crippen LogP contribution in [0.4, 0.5) is 4.79 Å². The van der Waals surface area contributed by atoms with Crippen LogP contribution in [0.1, 0.15) is 20.8 Å². The van der Waals surface area contributed by atoms with Gasteiger partial charge in [-0.1, -0.05) is 0 Å². The number of hydrogen-bond acceptors (Lipinski definition) is 4. The fourth-order valence-corrected chi connectivity index (χ4v) is 2.19. The van der Waals surface area contributed by atoms with E-state index in [9.17, 15) is 4.79 Å². The van der Waals surface area contributed by atoms with Crippen LogP contribution in [0, 0.1) is 11.3 Å². The minimum atomic E-state index is -0.468. The van der Waals surface area contributed by atoms with E-state index in [2.05, 4.69) is 6.07 Å². The van der Waals surface area contributed by atoms with E-state index in [0.717, 1.165) is 5.75 Å². The van der Waals surface area contributed by atoms with Crippen LogP contribution in [0.25, 0.3) is 0 Å². The quantitative estimate of drug-likeness (QED) is 0.635. The average Bonchev–Trinajstić information content (AvgIpc) is 2.15. The summed E-state index contributed by atoms with van der Waals surface area (Å²) in [5.74, 6) is 0.803. The largest absolute Gasteiger partial charge is 0.444 e. The van der Waals surface area contributed by atoms with Crippen LogP contribution in [0.15, 0.2) is 0 Å². The Morgan fingerprint density at radius 2 is 2.27 bits per heavy atom. The van der Waals surface area contributed by atoms with Gasteiger partial charge in [0.2, 0.25) is 0 Å². The predicted octanol–water partition coefficient (Wildman–Crippen LogP) is 1.86. The van der Waals surface area contributed by atoms with Gasteiger partial charge in [0.15, 0.2) is 0 Å². The molecule has 0 aliphatic carbocycles. The Morgan fingerprint density at radius 3 is 2.80 bits per heavy atom. The van der Waals surface area contributed by atoms with E-state index in [0.29, 0.717) is 13.1 Å². The van der Waals surface area contributed by atoms with E-state index in [1.54, 1.807) is 16.7 Å². The zero-order chi connectivity index (χ0) is 11.5. The van der Waals surface area contributed by atoms with E-state index in [4.69, 9.17) is 10.00 Å². The Morgan fingerprint density at radius 1 is 1.60 bits per heavy atom. The Balaban J connectivity index is 2.50. The molecule has 0 saturated carbocycles. The van der Waals surface area contributed by atoms with Crippen molar-refractivity contribution in [3.8, 4) is 6.07 Å². The number of nitrogens with zero attached hydrogens (tertiary/aromatic N) is 2. The first-order chi connectivity index (χ1) is 6.92. The molecule has 1 heterocycles. The Hall–Kier alpha value is -0.890. The minimum Gasteiger partial charge on any atom is -0.444 e. The molecule has 1 rings (SSSR count). The summed E-state index contributed by atoms with van der Waals surface area (Å²) in [5.41, 5.74) is -0.468. The van der Waals surface area contributed by atoms with Crippen LogP contribution in [-0.4, -0.2) is 40.7 Å². The van der Waals surface area contributed by atoms with Gasteiger partial charge < -0.3 is 9.64 Å². The van der Waals surface area contributed by atoms with Crippen molar-refractivity contribution in [3.63, 3.8) is 0 Å². The topological polar surface area (TPSA) is 53.3 Å². The molecular formula is C10H16N2O2S. The fourth-order valence-electron chi connectivity index (χ4n) is 1.22. The summed E-state index contributed by atoms with van der Waals surface area (Å²) in [5, 5.41) is 8.65. The molecule has 0 unspecified atom stereocenters. The van der Waals surface area contributed by atoms with Crippen LogP contribution in [0.5, 0.6) is 0 Å². The van der Waals surface area contributed by atoms with E-state index >= 15 is 0 Å². The van der Waals surface area contributed by atoms with Gasteiger partial charge in [-0.05, 0) is 20.8 Å². The monoisotopic (exact) mass is 228 g/mol.